The molecular formula is C23H22FN5O2. The SMILES string of the molecule is CC[C@H](C(=O)N(Cc1nc2nc(C)cc(=O)n2[nH]1)c1ccc(F)cc1)c1ccccc1. The predicted molar refractivity (Wildman–Crippen MR) is 115 cm³/mol. The van der Waals surface area contributed by atoms with E-state index in [4.69, 9.17) is 0 Å². The predicted octanol–water partition coefficient (Wildman–Crippen LogP) is 3.59. The number of hydrogen-bond donors (Lipinski definition) is 1. The third-order valence-corrected chi connectivity index (χ3v) is 5.13. The topological polar surface area (TPSA) is 83.4 Å². The molecule has 7 nitrogen and oxygen atoms in total. The second-order valence-corrected chi connectivity index (χ2v) is 7.31. The molecule has 2 aromatic heterocycles. The van der Waals surface area contributed by atoms with E-state index in [0.717, 1.165) is 5.56 Å². The van der Waals surface area contributed by atoms with Gasteiger partial charge in [-0.1, -0.05) is 37.3 Å². The normalized spacial score (nSPS) is 12.1. The Morgan fingerprint density at radius 1 is 1.13 bits per heavy atom. The van der Waals surface area contributed by atoms with Crippen LogP contribution in [0.15, 0.2) is 65.5 Å². The van der Waals surface area contributed by atoms with Crippen LogP contribution in [0.1, 0.15) is 36.3 Å². The Morgan fingerprint density at radius 3 is 2.52 bits per heavy atom. The van der Waals surface area contributed by atoms with Gasteiger partial charge in [0.05, 0.1) is 12.5 Å². The molecule has 1 atom stereocenters. The van der Waals surface area contributed by atoms with E-state index in [0.29, 0.717) is 23.6 Å². The van der Waals surface area contributed by atoms with E-state index in [9.17, 15) is 14.0 Å². The summed E-state index contributed by atoms with van der Waals surface area (Å²) in [5, 5.41) is 2.92. The third kappa shape index (κ3) is 4.23. The van der Waals surface area contributed by atoms with Gasteiger partial charge in [0.1, 0.15) is 11.6 Å². The quantitative estimate of drug-likeness (QED) is 0.518. The minimum absolute atomic E-state index is 0.0790. The minimum atomic E-state index is -0.388. The van der Waals surface area contributed by atoms with Crippen LogP contribution in [0.3, 0.4) is 0 Å². The zero-order valence-electron chi connectivity index (χ0n) is 17.2. The molecule has 158 valence electrons. The van der Waals surface area contributed by atoms with E-state index in [1.165, 1.54) is 22.7 Å². The molecule has 2 heterocycles. The Kier molecular flexibility index (Phi) is 5.62. The summed E-state index contributed by atoms with van der Waals surface area (Å²) < 4.78 is 14.8. The maximum Gasteiger partial charge on any atom is 0.274 e. The number of amides is 1. The highest BCUT2D eigenvalue weighted by Crippen LogP contribution is 2.27. The zero-order chi connectivity index (χ0) is 22.0. The van der Waals surface area contributed by atoms with Crippen molar-refractivity contribution in [3.63, 3.8) is 0 Å². The van der Waals surface area contributed by atoms with Crippen LogP contribution in [0.5, 0.6) is 0 Å². The Morgan fingerprint density at radius 2 is 1.84 bits per heavy atom. The molecule has 0 fully saturated rings. The fourth-order valence-electron chi connectivity index (χ4n) is 3.60. The van der Waals surface area contributed by atoms with E-state index in [2.05, 4.69) is 15.1 Å². The van der Waals surface area contributed by atoms with E-state index in [1.807, 2.05) is 37.3 Å². The second-order valence-electron chi connectivity index (χ2n) is 7.31. The van der Waals surface area contributed by atoms with E-state index >= 15 is 0 Å². The molecule has 0 aliphatic heterocycles. The van der Waals surface area contributed by atoms with Gasteiger partial charge in [0.25, 0.3) is 11.3 Å². The number of hydrogen-bond acceptors (Lipinski definition) is 4. The van der Waals surface area contributed by atoms with Gasteiger partial charge < -0.3 is 4.90 Å². The Labute approximate surface area is 178 Å². The molecule has 0 aliphatic rings. The van der Waals surface area contributed by atoms with Gasteiger partial charge in [0.15, 0.2) is 0 Å². The molecule has 0 bridgehead atoms. The second kappa shape index (κ2) is 8.51. The van der Waals surface area contributed by atoms with Crippen molar-refractivity contribution in [2.45, 2.75) is 32.7 Å². The summed E-state index contributed by atoms with van der Waals surface area (Å²) >= 11 is 0. The van der Waals surface area contributed by atoms with E-state index < -0.39 is 0 Å². The maximum atomic E-state index is 13.6. The molecule has 0 radical (unpaired) electrons. The van der Waals surface area contributed by atoms with Crippen molar-refractivity contribution in [1.29, 1.82) is 0 Å². The number of benzene rings is 2. The van der Waals surface area contributed by atoms with Crippen molar-refractivity contribution in [1.82, 2.24) is 19.6 Å². The molecule has 1 N–H and O–H groups in total. The standard InChI is InChI=1S/C23H22FN5O2/c1-3-19(16-7-5-4-6-8-16)22(31)28(18-11-9-17(24)10-12-18)14-20-26-23-25-15(2)13-21(30)29(23)27-20/h4-13,19H,3,14H2,1-2H3,(H,25,26,27)/t19-/m0/s1. The number of rotatable bonds is 6. The van der Waals surface area contributed by atoms with Gasteiger partial charge in [-0.15, -0.1) is 0 Å². The summed E-state index contributed by atoms with van der Waals surface area (Å²) in [6.07, 6.45) is 0.598. The molecule has 0 saturated heterocycles. The summed E-state index contributed by atoms with van der Waals surface area (Å²) in [5.41, 5.74) is 1.72. The number of carbonyl (C=O) groups is 1. The van der Waals surface area contributed by atoms with Crippen LogP contribution in [0.4, 0.5) is 10.1 Å². The number of nitrogens with one attached hydrogen (secondary N) is 1. The monoisotopic (exact) mass is 419 g/mol. The van der Waals surface area contributed by atoms with Crippen molar-refractivity contribution < 1.29 is 9.18 Å². The molecule has 1 amide bonds. The number of carbonyl (C=O) groups excluding carboxylic acids is 1. The minimum Gasteiger partial charge on any atom is -0.304 e. The molecule has 31 heavy (non-hydrogen) atoms. The summed E-state index contributed by atoms with van der Waals surface area (Å²) in [6, 6.07) is 16.7. The molecule has 0 saturated carbocycles. The lowest BCUT2D eigenvalue weighted by Gasteiger charge is -2.26. The molecule has 0 spiro atoms. The highest BCUT2D eigenvalue weighted by atomic mass is 19.1. The molecule has 4 aromatic rings. The molecule has 0 aliphatic carbocycles. The van der Waals surface area contributed by atoms with Gasteiger partial charge in [0, 0.05) is 17.4 Å². The first-order valence-corrected chi connectivity index (χ1v) is 10.0. The van der Waals surface area contributed by atoms with Gasteiger partial charge in [-0.3, -0.25) is 14.7 Å². The molecule has 0 unspecified atom stereocenters. The number of halogens is 1. The average molecular weight is 419 g/mol. The van der Waals surface area contributed by atoms with Crippen LogP contribution >= 0.6 is 0 Å². The van der Waals surface area contributed by atoms with Crippen molar-refractivity contribution >= 4 is 17.4 Å². The summed E-state index contributed by atoms with van der Waals surface area (Å²) in [6.45, 7) is 3.75. The fraction of sp³-hybridized carbons (Fsp3) is 0.217. The van der Waals surface area contributed by atoms with Crippen LogP contribution < -0.4 is 10.5 Å². The number of aromatic nitrogens is 4. The summed E-state index contributed by atoms with van der Waals surface area (Å²) in [5.74, 6) is -0.269. The number of H-pyrrole nitrogens is 1. The lowest BCUT2D eigenvalue weighted by Crippen LogP contribution is -2.35. The van der Waals surface area contributed by atoms with Gasteiger partial charge in [-0.2, -0.15) is 9.50 Å². The highest BCUT2D eigenvalue weighted by molar-refractivity contribution is 5.97. The fourth-order valence-corrected chi connectivity index (χ4v) is 3.60. The van der Waals surface area contributed by atoms with E-state index in [1.54, 1.807) is 24.0 Å². The lowest BCUT2D eigenvalue weighted by atomic mass is 9.94. The molecular weight excluding hydrogens is 397 g/mol. The average Bonchev–Trinajstić information content (AvgIpc) is 3.17. The summed E-state index contributed by atoms with van der Waals surface area (Å²) in [7, 11) is 0. The number of aromatic amines is 1. The Hall–Kier alpha value is -3.81. The van der Waals surface area contributed by atoms with Crippen LogP contribution in [0.2, 0.25) is 0 Å². The van der Waals surface area contributed by atoms with Crippen LogP contribution in [0, 0.1) is 12.7 Å². The molecule has 2 aromatic carbocycles. The first-order chi connectivity index (χ1) is 15.0. The largest absolute Gasteiger partial charge is 0.304 e. The van der Waals surface area contributed by atoms with Crippen molar-refractivity contribution in [2.75, 3.05) is 4.90 Å². The number of nitrogens with zero attached hydrogens (tertiary/aromatic N) is 4. The van der Waals surface area contributed by atoms with E-state index in [-0.39, 0.29) is 35.5 Å². The maximum absolute atomic E-state index is 13.6. The number of anilines is 1. The first-order valence-electron chi connectivity index (χ1n) is 10.0. The van der Waals surface area contributed by atoms with Crippen LogP contribution in [-0.2, 0) is 11.3 Å². The summed E-state index contributed by atoms with van der Waals surface area (Å²) in [4.78, 5) is 36.0. The smallest absolute Gasteiger partial charge is 0.274 e. The first kappa shape index (κ1) is 20.5. The molecule has 8 heteroatoms. The van der Waals surface area contributed by atoms with Crippen LogP contribution in [0.25, 0.3) is 5.78 Å². The Bertz CT molecular complexity index is 1260. The van der Waals surface area contributed by atoms with Crippen molar-refractivity contribution in [3.05, 3.63) is 93.9 Å². The van der Waals surface area contributed by atoms with Gasteiger partial charge in [-0.05, 0) is 43.2 Å². The van der Waals surface area contributed by atoms with Gasteiger partial charge in [0.2, 0.25) is 5.91 Å². The molecule has 4 rings (SSSR count). The Balaban J connectivity index is 1.74. The number of fused-ring (bicyclic) bond motifs is 1. The van der Waals surface area contributed by atoms with Crippen molar-refractivity contribution in [3.8, 4) is 0 Å². The zero-order valence-corrected chi connectivity index (χ0v) is 17.2. The van der Waals surface area contributed by atoms with Gasteiger partial charge in [-0.25, -0.2) is 9.37 Å². The lowest BCUT2D eigenvalue weighted by molar-refractivity contribution is -0.120. The van der Waals surface area contributed by atoms with Gasteiger partial charge >= 0.3 is 0 Å². The highest BCUT2D eigenvalue weighted by Gasteiger charge is 2.27. The van der Waals surface area contributed by atoms with Crippen LogP contribution in [-0.4, -0.2) is 25.5 Å². The number of aryl methyl sites for hydroxylation is 1. The van der Waals surface area contributed by atoms with Crippen molar-refractivity contribution in [2.24, 2.45) is 0 Å². The third-order valence-electron chi connectivity index (χ3n) is 5.13.